The van der Waals surface area contributed by atoms with Gasteiger partial charge in [-0.3, -0.25) is 0 Å². The number of aryl methyl sites for hydroxylation is 2. The molecule has 1 aliphatic rings. The van der Waals surface area contributed by atoms with E-state index >= 15 is 0 Å². The number of allylic oxidation sites excluding steroid dienone is 4. The van der Waals surface area contributed by atoms with Crippen molar-refractivity contribution >= 4 is 33.7 Å². The predicted octanol–water partition coefficient (Wildman–Crippen LogP) is 6.21. The second-order valence-corrected chi connectivity index (χ2v) is 8.76. The fraction of sp³-hybridized carbons (Fsp3) is 0.231. The monoisotopic (exact) mass is 528 g/mol. The smallest absolute Gasteiger partial charge is 0.407 e. The number of carbonyl (C=O) groups excluding carboxylic acids is 1. The van der Waals surface area contributed by atoms with Crippen LogP contribution in [0.4, 0.5) is 14.9 Å². The van der Waals surface area contributed by atoms with E-state index in [9.17, 15) is 19.1 Å². The maximum Gasteiger partial charge on any atom is 0.407 e. The Morgan fingerprint density at radius 3 is 2.56 bits per heavy atom. The van der Waals surface area contributed by atoms with Crippen LogP contribution in [0.3, 0.4) is 0 Å². The van der Waals surface area contributed by atoms with Crippen LogP contribution in [0.25, 0.3) is 0 Å². The third-order valence-electron chi connectivity index (χ3n) is 5.68. The lowest BCUT2D eigenvalue weighted by Crippen LogP contribution is -2.25. The molecule has 0 atom stereocenters. The van der Waals surface area contributed by atoms with Gasteiger partial charge in [0.25, 0.3) is 0 Å². The highest BCUT2D eigenvalue weighted by atomic mass is 79.9. The van der Waals surface area contributed by atoms with Crippen molar-refractivity contribution in [1.82, 2.24) is 5.32 Å². The zero-order valence-corrected chi connectivity index (χ0v) is 20.8. The normalized spacial score (nSPS) is 13.6. The summed E-state index contributed by atoms with van der Waals surface area (Å²) in [6.45, 7) is 8.26. The number of amides is 1. The van der Waals surface area contributed by atoms with Gasteiger partial charge in [0.2, 0.25) is 0 Å². The molecule has 0 fully saturated rings. The van der Waals surface area contributed by atoms with Crippen molar-refractivity contribution < 1.29 is 23.8 Å². The molecule has 0 radical (unpaired) electrons. The van der Waals surface area contributed by atoms with Crippen LogP contribution in [0.1, 0.15) is 40.4 Å². The first-order chi connectivity index (χ1) is 16.1. The van der Waals surface area contributed by atoms with Gasteiger partial charge in [-0.05, 0) is 95.2 Å². The number of rotatable bonds is 7. The molecular formula is C26H26BrFN2O4. The number of methoxy groups -OCH3 is 1. The number of alkyl carbamates (subject to hydrolysis) is 1. The van der Waals surface area contributed by atoms with E-state index in [-0.39, 0.29) is 17.9 Å². The molecule has 0 saturated carbocycles. The zero-order valence-electron chi connectivity index (χ0n) is 19.2. The molecule has 2 N–H and O–H groups in total. The molecule has 178 valence electrons. The van der Waals surface area contributed by atoms with Gasteiger partial charge in [-0.25, -0.2) is 14.0 Å². The minimum Gasteiger partial charge on any atom is -0.478 e. The highest BCUT2D eigenvalue weighted by Crippen LogP contribution is 2.39. The summed E-state index contributed by atoms with van der Waals surface area (Å²) in [5, 5.41) is 12.0. The number of carbonyl (C=O) groups is 2. The SMILES string of the molecule is C=C1C(Br)=C(CCc2ccc(F)cc2CNC(=O)OC)C=C(C)N1c1cc(C(=O)O)ccc1C. The first-order valence-corrected chi connectivity index (χ1v) is 11.4. The van der Waals surface area contributed by atoms with Gasteiger partial charge >= 0.3 is 12.1 Å². The van der Waals surface area contributed by atoms with E-state index < -0.39 is 12.1 Å². The van der Waals surface area contributed by atoms with Crippen LogP contribution in [0, 0.1) is 12.7 Å². The lowest BCUT2D eigenvalue weighted by molar-refractivity contribution is 0.0697. The van der Waals surface area contributed by atoms with Crippen LogP contribution in [0.15, 0.2) is 70.5 Å². The van der Waals surface area contributed by atoms with Gasteiger partial charge in [-0.2, -0.15) is 0 Å². The highest BCUT2D eigenvalue weighted by Gasteiger charge is 2.24. The molecule has 3 rings (SSSR count). The zero-order chi connectivity index (χ0) is 25.0. The maximum absolute atomic E-state index is 13.8. The van der Waals surface area contributed by atoms with Crippen molar-refractivity contribution in [3.05, 3.63) is 98.6 Å². The Labute approximate surface area is 206 Å². The Bertz CT molecular complexity index is 1220. The summed E-state index contributed by atoms with van der Waals surface area (Å²) in [5.74, 6) is -1.36. The molecule has 2 aromatic rings. The Morgan fingerprint density at radius 1 is 1.15 bits per heavy atom. The molecule has 0 unspecified atom stereocenters. The first-order valence-electron chi connectivity index (χ1n) is 10.6. The van der Waals surface area contributed by atoms with E-state index in [0.717, 1.165) is 32.6 Å². The van der Waals surface area contributed by atoms with Crippen LogP contribution in [0.5, 0.6) is 0 Å². The first kappa shape index (κ1) is 25.2. The van der Waals surface area contributed by atoms with Gasteiger partial charge in [-0.1, -0.05) is 18.7 Å². The fourth-order valence-corrected chi connectivity index (χ4v) is 4.38. The van der Waals surface area contributed by atoms with E-state index in [1.807, 2.05) is 24.8 Å². The van der Waals surface area contributed by atoms with Crippen molar-refractivity contribution in [1.29, 1.82) is 0 Å². The highest BCUT2D eigenvalue weighted by molar-refractivity contribution is 9.12. The summed E-state index contributed by atoms with van der Waals surface area (Å²) in [6, 6.07) is 9.55. The number of anilines is 1. The molecule has 0 aliphatic carbocycles. The number of nitrogens with one attached hydrogen (secondary N) is 1. The number of hydrogen-bond acceptors (Lipinski definition) is 4. The Kier molecular flexibility index (Phi) is 7.94. The van der Waals surface area contributed by atoms with E-state index in [1.165, 1.54) is 19.2 Å². The number of carboxylic acid groups (broad SMARTS) is 1. The van der Waals surface area contributed by atoms with Crippen LogP contribution in [-0.2, 0) is 17.7 Å². The number of ether oxygens (including phenoxy) is 1. The van der Waals surface area contributed by atoms with Crippen LogP contribution in [-0.4, -0.2) is 24.3 Å². The van der Waals surface area contributed by atoms with Gasteiger partial charge in [0.05, 0.1) is 18.4 Å². The van der Waals surface area contributed by atoms with Crippen molar-refractivity contribution in [3.63, 3.8) is 0 Å². The second kappa shape index (κ2) is 10.7. The quantitative estimate of drug-likeness (QED) is 0.446. The summed E-state index contributed by atoms with van der Waals surface area (Å²) in [7, 11) is 1.28. The van der Waals surface area contributed by atoms with Crippen LogP contribution < -0.4 is 10.2 Å². The summed E-state index contributed by atoms with van der Waals surface area (Å²) in [6.07, 6.45) is 2.72. The third-order valence-corrected chi connectivity index (χ3v) is 6.65. The topological polar surface area (TPSA) is 78.9 Å². The summed E-state index contributed by atoms with van der Waals surface area (Å²) in [5.41, 5.74) is 6.10. The van der Waals surface area contributed by atoms with Gasteiger partial charge in [-0.15, -0.1) is 0 Å². The third kappa shape index (κ3) is 5.56. The van der Waals surface area contributed by atoms with Crippen molar-refractivity contribution in [2.45, 2.75) is 33.2 Å². The molecule has 34 heavy (non-hydrogen) atoms. The molecule has 2 aromatic carbocycles. The van der Waals surface area contributed by atoms with Gasteiger partial charge in [0.15, 0.2) is 0 Å². The number of aromatic carboxylic acids is 1. The Hall–Kier alpha value is -3.39. The van der Waals surface area contributed by atoms with Gasteiger partial charge in [0, 0.05) is 22.4 Å². The molecule has 1 aliphatic heterocycles. The standard InChI is InChI=1S/C26H26BrFN2O4/c1-15-5-6-20(25(31)32)13-23(15)30-16(2)11-19(24(27)17(30)3)8-7-18-9-10-22(28)12-21(18)14-29-26(33)34-4/h5-6,9-13H,3,7-8,14H2,1-2,4H3,(H,29,33)(H,31,32). The lowest BCUT2D eigenvalue weighted by Gasteiger charge is -2.33. The van der Waals surface area contributed by atoms with Crippen LogP contribution in [0.2, 0.25) is 0 Å². The van der Waals surface area contributed by atoms with E-state index in [4.69, 9.17) is 0 Å². The van der Waals surface area contributed by atoms with Crippen molar-refractivity contribution in [3.8, 4) is 0 Å². The second-order valence-electron chi connectivity index (χ2n) is 7.97. The average molecular weight is 529 g/mol. The Balaban J connectivity index is 1.83. The number of nitrogens with zero attached hydrogens (tertiary/aromatic N) is 1. The molecular weight excluding hydrogens is 503 g/mol. The number of hydrogen-bond donors (Lipinski definition) is 2. The fourth-order valence-electron chi connectivity index (χ4n) is 3.89. The molecule has 6 nitrogen and oxygen atoms in total. The predicted molar refractivity (Wildman–Crippen MR) is 133 cm³/mol. The number of benzene rings is 2. The molecule has 0 saturated heterocycles. The molecule has 8 heteroatoms. The van der Waals surface area contributed by atoms with Crippen molar-refractivity contribution in [2.75, 3.05) is 12.0 Å². The molecule has 0 bridgehead atoms. The van der Waals surface area contributed by atoms with Gasteiger partial charge < -0.3 is 20.1 Å². The minimum absolute atomic E-state index is 0.161. The molecule has 1 amide bonds. The minimum atomic E-state index is -0.988. The van der Waals surface area contributed by atoms with E-state index in [1.54, 1.807) is 24.3 Å². The van der Waals surface area contributed by atoms with E-state index in [2.05, 4.69) is 32.6 Å². The van der Waals surface area contributed by atoms with Crippen molar-refractivity contribution in [2.24, 2.45) is 0 Å². The summed E-state index contributed by atoms with van der Waals surface area (Å²) >= 11 is 3.66. The largest absolute Gasteiger partial charge is 0.478 e. The van der Waals surface area contributed by atoms with Crippen LogP contribution >= 0.6 is 15.9 Å². The summed E-state index contributed by atoms with van der Waals surface area (Å²) in [4.78, 5) is 24.8. The Morgan fingerprint density at radius 2 is 1.88 bits per heavy atom. The molecule has 0 spiro atoms. The summed E-state index contributed by atoms with van der Waals surface area (Å²) < 4.78 is 19.2. The van der Waals surface area contributed by atoms with Gasteiger partial charge in [0.1, 0.15) is 5.82 Å². The molecule has 1 heterocycles. The lowest BCUT2D eigenvalue weighted by atomic mass is 9.96. The average Bonchev–Trinajstić information content (AvgIpc) is 2.80. The van der Waals surface area contributed by atoms with E-state index in [0.29, 0.717) is 24.1 Å². The number of halogens is 2. The molecule has 0 aromatic heterocycles. The maximum atomic E-state index is 13.8. The number of carboxylic acids is 1.